The minimum atomic E-state index is -4.47. The van der Waals surface area contributed by atoms with Crippen LogP contribution in [-0.4, -0.2) is 40.8 Å². The van der Waals surface area contributed by atoms with Crippen molar-refractivity contribution < 1.29 is 32.6 Å². The topological polar surface area (TPSA) is 66.8 Å². The number of ether oxygens (including phenoxy) is 1. The van der Waals surface area contributed by atoms with E-state index in [1.165, 1.54) is 0 Å². The number of nitrogens with zero attached hydrogens (tertiary/aromatic N) is 1. The number of hydrogen-bond acceptors (Lipinski definition) is 3. The van der Waals surface area contributed by atoms with Gasteiger partial charge in [-0.05, 0) is 18.4 Å². The normalized spacial score (nSPS) is 21.8. The maximum Gasteiger partial charge on any atom is 0.410 e. The van der Waals surface area contributed by atoms with E-state index in [2.05, 4.69) is 0 Å². The van der Waals surface area contributed by atoms with Gasteiger partial charge in [0.2, 0.25) is 0 Å². The lowest BCUT2D eigenvalue weighted by Crippen LogP contribution is -2.53. The summed E-state index contributed by atoms with van der Waals surface area (Å²) in [4.78, 5) is 23.9. The van der Waals surface area contributed by atoms with Gasteiger partial charge in [-0.25, -0.2) is 9.59 Å². The van der Waals surface area contributed by atoms with E-state index >= 15 is 0 Å². The van der Waals surface area contributed by atoms with Crippen LogP contribution in [0.15, 0.2) is 30.3 Å². The summed E-state index contributed by atoms with van der Waals surface area (Å²) in [6.45, 7) is -0.826. The summed E-state index contributed by atoms with van der Waals surface area (Å²) in [5.41, 5.74) is 0.664. The van der Waals surface area contributed by atoms with Crippen LogP contribution in [0.4, 0.5) is 18.0 Å². The highest BCUT2D eigenvalue weighted by Crippen LogP contribution is 2.35. The molecule has 0 radical (unpaired) electrons. The van der Waals surface area contributed by atoms with Gasteiger partial charge in [0.15, 0.2) is 0 Å². The second-order valence-electron chi connectivity index (χ2n) is 5.36. The Morgan fingerprint density at radius 2 is 1.87 bits per heavy atom. The Labute approximate surface area is 130 Å². The summed E-state index contributed by atoms with van der Waals surface area (Å²) in [6.07, 6.45) is -6.08. The number of halogens is 3. The van der Waals surface area contributed by atoms with Crippen molar-refractivity contribution in [3.8, 4) is 0 Å². The molecule has 0 aliphatic carbocycles. The predicted molar refractivity (Wildman–Crippen MR) is 73.5 cm³/mol. The minimum Gasteiger partial charge on any atom is -0.480 e. The van der Waals surface area contributed by atoms with Crippen LogP contribution in [0, 0.1) is 5.92 Å². The molecule has 1 aromatic rings. The van der Waals surface area contributed by atoms with Gasteiger partial charge >= 0.3 is 18.2 Å². The molecule has 1 aliphatic heterocycles. The zero-order chi connectivity index (χ0) is 17.0. The van der Waals surface area contributed by atoms with E-state index in [0.29, 0.717) is 10.5 Å². The van der Waals surface area contributed by atoms with Gasteiger partial charge in [-0.15, -0.1) is 0 Å². The van der Waals surface area contributed by atoms with Gasteiger partial charge < -0.3 is 9.84 Å². The number of amides is 1. The van der Waals surface area contributed by atoms with Crippen LogP contribution in [-0.2, 0) is 16.1 Å². The van der Waals surface area contributed by atoms with E-state index in [1.807, 2.05) is 0 Å². The third kappa shape index (κ3) is 4.37. The molecule has 1 N–H and O–H groups in total. The third-order valence-electron chi connectivity index (χ3n) is 3.77. The van der Waals surface area contributed by atoms with Crippen LogP contribution < -0.4 is 0 Å². The Morgan fingerprint density at radius 1 is 1.22 bits per heavy atom. The highest BCUT2D eigenvalue weighted by atomic mass is 19.4. The third-order valence-corrected chi connectivity index (χ3v) is 3.77. The number of benzene rings is 1. The first kappa shape index (κ1) is 17.1. The zero-order valence-corrected chi connectivity index (χ0v) is 12.1. The zero-order valence-electron chi connectivity index (χ0n) is 12.1. The fraction of sp³-hybridized carbons (Fsp3) is 0.467. The van der Waals surface area contributed by atoms with Crippen LogP contribution in [0.3, 0.4) is 0 Å². The van der Waals surface area contributed by atoms with Crippen molar-refractivity contribution in [2.24, 2.45) is 5.92 Å². The molecule has 23 heavy (non-hydrogen) atoms. The summed E-state index contributed by atoms with van der Waals surface area (Å²) < 4.78 is 43.5. The largest absolute Gasteiger partial charge is 0.480 e. The Bertz CT molecular complexity index is 562. The number of rotatable bonds is 3. The molecule has 1 fully saturated rings. The molecule has 0 saturated carbocycles. The molecule has 5 nitrogen and oxygen atoms in total. The highest BCUT2D eigenvalue weighted by molar-refractivity contribution is 5.80. The van der Waals surface area contributed by atoms with Crippen LogP contribution in [0.1, 0.15) is 18.4 Å². The second-order valence-corrected chi connectivity index (χ2v) is 5.36. The Balaban J connectivity index is 2.05. The molecular formula is C15H16F3NO4. The van der Waals surface area contributed by atoms with Crippen LogP contribution >= 0.6 is 0 Å². The molecule has 2 atom stereocenters. The molecule has 1 aliphatic rings. The van der Waals surface area contributed by atoms with E-state index in [1.54, 1.807) is 30.3 Å². The average molecular weight is 331 g/mol. The summed E-state index contributed by atoms with van der Waals surface area (Å²) in [5.74, 6) is -3.07. The monoisotopic (exact) mass is 331 g/mol. The maximum atomic E-state index is 12.8. The number of alkyl halides is 3. The van der Waals surface area contributed by atoms with E-state index in [-0.39, 0.29) is 19.4 Å². The number of aliphatic carboxylic acids is 1. The number of hydrogen-bond donors (Lipinski definition) is 1. The predicted octanol–water partition coefficient (Wildman–Crippen LogP) is 3.05. The molecule has 1 heterocycles. The fourth-order valence-electron chi connectivity index (χ4n) is 2.50. The first-order chi connectivity index (χ1) is 10.8. The maximum absolute atomic E-state index is 12.8. The number of carbonyl (C=O) groups is 2. The van der Waals surface area contributed by atoms with Crippen LogP contribution in [0.25, 0.3) is 0 Å². The lowest BCUT2D eigenvalue weighted by atomic mass is 9.92. The first-order valence-electron chi connectivity index (χ1n) is 7.06. The molecular weight excluding hydrogens is 315 g/mol. The van der Waals surface area contributed by atoms with Crippen molar-refractivity contribution in [2.75, 3.05) is 6.54 Å². The molecule has 8 heteroatoms. The fourth-order valence-corrected chi connectivity index (χ4v) is 2.50. The SMILES string of the molecule is O=C(O)[C@H]1CC[C@H](C(F)(F)F)CN1C(=O)OCc1ccccc1. The lowest BCUT2D eigenvalue weighted by molar-refractivity contribution is -0.191. The number of carboxylic acids is 1. The molecule has 0 aromatic heterocycles. The Morgan fingerprint density at radius 3 is 2.43 bits per heavy atom. The van der Waals surface area contributed by atoms with Crippen molar-refractivity contribution in [3.05, 3.63) is 35.9 Å². The van der Waals surface area contributed by atoms with E-state index in [9.17, 15) is 22.8 Å². The van der Waals surface area contributed by atoms with Crippen LogP contribution in [0.2, 0.25) is 0 Å². The smallest absolute Gasteiger partial charge is 0.410 e. The van der Waals surface area contributed by atoms with Gasteiger partial charge in [-0.3, -0.25) is 4.90 Å². The van der Waals surface area contributed by atoms with Gasteiger partial charge in [0, 0.05) is 6.54 Å². The summed E-state index contributed by atoms with van der Waals surface area (Å²) in [6, 6.07) is 7.31. The summed E-state index contributed by atoms with van der Waals surface area (Å²) in [7, 11) is 0. The van der Waals surface area contributed by atoms with E-state index < -0.39 is 36.7 Å². The van der Waals surface area contributed by atoms with Gasteiger partial charge in [0.25, 0.3) is 0 Å². The van der Waals surface area contributed by atoms with Crippen molar-refractivity contribution in [3.63, 3.8) is 0 Å². The molecule has 0 unspecified atom stereocenters. The number of carboxylic acid groups (broad SMARTS) is 1. The van der Waals surface area contributed by atoms with E-state index in [4.69, 9.17) is 9.84 Å². The van der Waals surface area contributed by atoms with Gasteiger partial charge in [-0.1, -0.05) is 30.3 Å². The summed E-state index contributed by atoms with van der Waals surface area (Å²) in [5, 5.41) is 9.10. The lowest BCUT2D eigenvalue weighted by Gasteiger charge is -2.37. The second kappa shape index (κ2) is 6.89. The quantitative estimate of drug-likeness (QED) is 0.924. The van der Waals surface area contributed by atoms with Gasteiger partial charge in [-0.2, -0.15) is 13.2 Å². The Hall–Kier alpha value is -2.25. The number of likely N-dealkylation sites (tertiary alicyclic amines) is 1. The molecule has 1 saturated heterocycles. The van der Waals surface area contributed by atoms with Crippen molar-refractivity contribution in [2.45, 2.75) is 31.7 Å². The van der Waals surface area contributed by atoms with Gasteiger partial charge in [0.05, 0.1) is 5.92 Å². The molecule has 2 rings (SSSR count). The van der Waals surface area contributed by atoms with Crippen molar-refractivity contribution >= 4 is 12.1 Å². The molecule has 1 aromatic carbocycles. The molecule has 0 bridgehead atoms. The number of carbonyl (C=O) groups excluding carboxylic acids is 1. The van der Waals surface area contributed by atoms with Crippen molar-refractivity contribution in [1.29, 1.82) is 0 Å². The molecule has 126 valence electrons. The summed E-state index contributed by atoms with van der Waals surface area (Å²) >= 11 is 0. The van der Waals surface area contributed by atoms with Gasteiger partial charge in [0.1, 0.15) is 12.6 Å². The van der Waals surface area contributed by atoms with Crippen molar-refractivity contribution in [1.82, 2.24) is 4.90 Å². The average Bonchev–Trinajstić information content (AvgIpc) is 2.52. The Kier molecular flexibility index (Phi) is 5.12. The minimum absolute atomic E-state index is 0.126. The first-order valence-corrected chi connectivity index (χ1v) is 7.06. The van der Waals surface area contributed by atoms with E-state index in [0.717, 1.165) is 0 Å². The molecule has 0 spiro atoms. The highest BCUT2D eigenvalue weighted by Gasteiger charge is 2.47. The molecule has 1 amide bonds. The van der Waals surface area contributed by atoms with Crippen LogP contribution in [0.5, 0.6) is 0 Å². The number of piperidine rings is 1. The standard InChI is InChI=1S/C15H16F3NO4/c16-15(17,18)11-6-7-12(13(20)21)19(8-11)14(22)23-9-10-4-2-1-3-5-10/h1-5,11-12H,6-9H2,(H,20,21)/t11-,12+/m0/s1.